The zero-order valence-corrected chi connectivity index (χ0v) is 19.0. The Labute approximate surface area is 189 Å². The summed E-state index contributed by atoms with van der Waals surface area (Å²) < 4.78 is 12.1. The number of ether oxygens (including phenoxy) is 2. The maximum atomic E-state index is 12.1. The minimum Gasteiger partial charge on any atom is -0.490 e. The first-order valence-corrected chi connectivity index (χ1v) is 11.7. The summed E-state index contributed by atoms with van der Waals surface area (Å²) in [5.41, 5.74) is 4.35. The van der Waals surface area contributed by atoms with Crippen molar-refractivity contribution in [3.63, 3.8) is 0 Å². The zero-order valence-electron chi connectivity index (χ0n) is 17.4. The van der Waals surface area contributed by atoms with Crippen LogP contribution in [-0.2, 0) is 4.79 Å². The SMILES string of the molecule is CCCOc1ccc(C=NNC(=O)CSc2nnc(-c3ccccc3)s2)cc1OCC. The van der Waals surface area contributed by atoms with Gasteiger partial charge in [-0.25, -0.2) is 5.43 Å². The van der Waals surface area contributed by atoms with Gasteiger partial charge in [-0.2, -0.15) is 5.10 Å². The Balaban J connectivity index is 1.50. The van der Waals surface area contributed by atoms with Crippen LogP contribution in [0.25, 0.3) is 10.6 Å². The van der Waals surface area contributed by atoms with E-state index in [1.807, 2.05) is 55.5 Å². The van der Waals surface area contributed by atoms with Gasteiger partial charge in [-0.3, -0.25) is 4.79 Å². The number of hydrogen-bond donors (Lipinski definition) is 1. The van der Waals surface area contributed by atoms with Crippen molar-refractivity contribution in [3.8, 4) is 22.1 Å². The van der Waals surface area contributed by atoms with Gasteiger partial charge < -0.3 is 9.47 Å². The normalized spacial score (nSPS) is 10.9. The minimum atomic E-state index is -0.217. The van der Waals surface area contributed by atoms with E-state index in [4.69, 9.17) is 9.47 Å². The molecule has 31 heavy (non-hydrogen) atoms. The molecular weight excluding hydrogens is 432 g/mol. The standard InChI is InChI=1S/C22H24N4O3S2/c1-3-12-29-18-11-10-16(13-19(18)28-4-2)14-23-24-20(27)15-30-22-26-25-21(31-22)17-8-6-5-7-9-17/h5-11,13-14H,3-4,12,15H2,1-2H3,(H,24,27). The summed E-state index contributed by atoms with van der Waals surface area (Å²) in [5, 5.41) is 13.2. The number of nitrogens with zero attached hydrogens (tertiary/aromatic N) is 3. The molecule has 162 valence electrons. The van der Waals surface area contributed by atoms with Crippen LogP contribution in [0.15, 0.2) is 58.0 Å². The maximum Gasteiger partial charge on any atom is 0.250 e. The number of aromatic nitrogens is 2. The molecule has 0 unspecified atom stereocenters. The average molecular weight is 457 g/mol. The second kappa shape index (κ2) is 12.1. The smallest absolute Gasteiger partial charge is 0.250 e. The number of hydrogen-bond acceptors (Lipinski definition) is 8. The van der Waals surface area contributed by atoms with Gasteiger partial charge in [-0.05, 0) is 37.1 Å². The lowest BCUT2D eigenvalue weighted by atomic mass is 10.2. The predicted octanol–water partition coefficient (Wildman–Crippen LogP) is 4.64. The molecule has 3 rings (SSSR count). The van der Waals surface area contributed by atoms with E-state index in [9.17, 15) is 4.79 Å². The number of rotatable bonds is 11. The van der Waals surface area contributed by atoms with Gasteiger partial charge in [0.15, 0.2) is 15.8 Å². The van der Waals surface area contributed by atoms with Gasteiger partial charge in [-0.1, -0.05) is 60.4 Å². The second-order valence-corrected chi connectivity index (χ2v) is 8.51. The number of thioether (sulfide) groups is 1. The Bertz CT molecular complexity index is 1010. The summed E-state index contributed by atoms with van der Waals surface area (Å²) in [6.45, 7) is 5.13. The molecule has 1 heterocycles. The first-order chi connectivity index (χ1) is 15.2. The van der Waals surface area contributed by atoms with E-state index in [1.165, 1.54) is 23.1 Å². The molecule has 9 heteroatoms. The highest BCUT2D eigenvalue weighted by atomic mass is 32.2. The van der Waals surface area contributed by atoms with Crippen LogP contribution in [0.4, 0.5) is 0 Å². The molecule has 0 aliphatic carbocycles. The summed E-state index contributed by atoms with van der Waals surface area (Å²) >= 11 is 2.79. The number of carbonyl (C=O) groups is 1. The molecule has 0 saturated carbocycles. The van der Waals surface area contributed by atoms with Gasteiger partial charge in [-0.15, -0.1) is 10.2 Å². The Kier molecular flexibility index (Phi) is 8.86. The van der Waals surface area contributed by atoms with Crippen molar-refractivity contribution < 1.29 is 14.3 Å². The van der Waals surface area contributed by atoms with Gasteiger partial charge in [0.25, 0.3) is 5.91 Å². The lowest BCUT2D eigenvalue weighted by molar-refractivity contribution is -0.118. The van der Waals surface area contributed by atoms with E-state index in [1.54, 1.807) is 6.21 Å². The first-order valence-electron chi connectivity index (χ1n) is 9.92. The molecule has 7 nitrogen and oxygen atoms in total. The Morgan fingerprint density at radius 1 is 1.13 bits per heavy atom. The van der Waals surface area contributed by atoms with E-state index in [-0.39, 0.29) is 11.7 Å². The van der Waals surface area contributed by atoms with Crippen molar-refractivity contribution in [1.82, 2.24) is 15.6 Å². The quantitative estimate of drug-likeness (QED) is 0.257. The molecule has 1 N–H and O–H groups in total. The minimum absolute atomic E-state index is 0.203. The number of nitrogens with one attached hydrogen (secondary N) is 1. The van der Waals surface area contributed by atoms with Crippen molar-refractivity contribution in [2.24, 2.45) is 5.10 Å². The highest BCUT2D eigenvalue weighted by molar-refractivity contribution is 8.01. The molecule has 0 fully saturated rings. The van der Waals surface area contributed by atoms with Crippen LogP contribution < -0.4 is 14.9 Å². The van der Waals surface area contributed by atoms with Crippen LogP contribution in [0, 0.1) is 0 Å². The topological polar surface area (TPSA) is 85.7 Å². The van der Waals surface area contributed by atoms with Gasteiger partial charge in [0.1, 0.15) is 5.01 Å². The van der Waals surface area contributed by atoms with Crippen LogP contribution >= 0.6 is 23.1 Å². The molecule has 0 aliphatic rings. The van der Waals surface area contributed by atoms with Crippen LogP contribution in [0.5, 0.6) is 11.5 Å². The summed E-state index contributed by atoms with van der Waals surface area (Å²) in [4.78, 5) is 12.1. The highest BCUT2D eigenvalue weighted by Gasteiger charge is 2.09. The van der Waals surface area contributed by atoms with Crippen molar-refractivity contribution >= 4 is 35.2 Å². The molecule has 0 radical (unpaired) electrons. The average Bonchev–Trinajstić information content (AvgIpc) is 3.27. The van der Waals surface area contributed by atoms with Gasteiger partial charge in [0.2, 0.25) is 0 Å². The molecule has 1 amide bonds. The largest absolute Gasteiger partial charge is 0.490 e. The molecule has 0 atom stereocenters. The fourth-order valence-electron chi connectivity index (χ4n) is 2.51. The van der Waals surface area contributed by atoms with E-state index >= 15 is 0 Å². The van der Waals surface area contributed by atoms with Crippen molar-refractivity contribution in [3.05, 3.63) is 54.1 Å². The van der Waals surface area contributed by atoms with Gasteiger partial charge in [0, 0.05) is 5.56 Å². The van der Waals surface area contributed by atoms with Crippen molar-refractivity contribution in [2.75, 3.05) is 19.0 Å². The molecule has 3 aromatic rings. The maximum absolute atomic E-state index is 12.1. The summed E-state index contributed by atoms with van der Waals surface area (Å²) in [7, 11) is 0. The van der Waals surface area contributed by atoms with Crippen molar-refractivity contribution in [2.45, 2.75) is 24.6 Å². The molecule has 0 aliphatic heterocycles. The Hall–Kier alpha value is -2.91. The van der Waals surface area contributed by atoms with Crippen LogP contribution in [0.2, 0.25) is 0 Å². The van der Waals surface area contributed by atoms with Gasteiger partial charge >= 0.3 is 0 Å². The third-order valence-electron chi connectivity index (χ3n) is 3.89. The highest BCUT2D eigenvalue weighted by Crippen LogP contribution is 2.29. The van der Waals surface area contributed by atoms with Crippen LogP contribution in [0.1, 0.15) is 25.8 Å². The van der Waals surface area contributed by atoms with E-state index < -0.39 is 0 Å². The Morgan fingerprint density at radius 3 is 2.74 bits per heavy atom. The molecule has 0 spiro atoms. The zero-order chi connectivity index (χ0) is 21.9. The van der Waals surface area contributed by atoms with Gasteiger partial charge in [0.05, 0.1) is 25.2 Å². The van der Waals surface area contributed by atoms with Crippen LogP contribution in [0.3, 0.4) is 0 Å². The fraction of sp³-hybridized carbons (Fsp3) is 0.273. The molecule has 0 saturated heterocycles. The van der Waals surface area contributed by atoms with E-state index in [0.29, 0.717) is 24.7 Å². The predicted molar refractivity (Wildman–Crippen MR) is 125 cm³/mol. The molecule has 2 aromatic carbocycles. The molecule has 0 bridgehead atoms. The van der Waals surface area contributed by atoms with Crippen LogP contribution in [-0.4, -0.2) is 41.3 Å². The lowest BCUT2D eigenvalue weighted by Gasteiger charge is -2.11. The third kappa shape index (κ3) is 7.08. The van der Waals surface area contributed by atoms with Crippen molar-refractivity contribution in [1.29, 1.82) is 0 Å². The summed E-state index contributed by atoms with van der Waals surface area (Å²) in [6.07, 6.45) is 2.50. The van der Waals surface area contributed by atoms with E-state index in [0.717, 1.165) is 26.9 Å². The second-order valence-electron chi connectivity index (χ2n) is 6.31. The lowest BCUT2D eigenvalue weighted by Crippen LogP contribution is -2.19. The fourth-order valence-corrected chi connectivity index (χ4v) is 4.16. The first kappa shape index (κ1) is 22.8. The Morgan fingerprint density at radius 2 is 1.97 bits per heavy atom. The summed E-state index contributed by atoms with van der Waals surface area (Å²) in [5.74, 6) is 1.35. The summed E-state index contributed by atoms with van der Waals surface area (Å²) in [6, 6.07) is 15.4. The molecule has 1 aromatic heterocycles. The number of carbonyl (C=O) groups excluding carboxylic acids is 1. The van der Waals surface area contributed by atoms with E-state index in [2.05, 4.69) is 27.6 Å². The number of benzene rings is 2. The number of amides is 1. The molecular formula is C22H24N4O3S2. The monoisotopic (exact) mass is 456 g/mol. The number of hydrazone groups is 1. The third-order valence-corrected chi connectivity index (χ3v) is 5.99.